The van der Waals surface area contributed by atoms with Gasteiger partial charge in [0.25, 0.3) is 11.7 Å². The van der Waals surface area contributed by atoms with Gasteiger partial charge in [-0.1, -0.05) is 53.5 Å². The van der Waals surface area contributed by atoms with Crippen molar-refractivity contribution in [2.45, 2.75) is 19.1 Å². The summed E-state index contributed by atoms with van der Waals surface area (Å²) in [6.07, 6.45) is -4.67. The predicted molar refractivity (Wildman–Crippen MR) is 130 cm³/mol. The highest BCUT2D eigenvalue weighted by Crippen LogP contribution is 2.46. The van der Waals surface area contributed by atoms with Crippen LogP contribution in [0.15, 0.2) is 66.2 Å². The molecule has 1 saturated heterocycles. The fourth-order valence-corrected chi connectivity index (χ4v) is 4.78. The first-order valence-electron chi connectivity index (χ1n) is 10.5. The van der Waals surface area contributed by atoms with Crippen molar-refractivity contribution in [3.63, 3.8) is 0 Å². The number of hydrogen-bond acceptors (Lipinski definition) is 4. The van der Waals surface area contributed by atoms with Crippen molar-refractivity contribution in [3.8, 4) is 5.75 Å². The third-order valence-corrected chi connectivity index (χ3v) is 6.35. The summed E-state index contributed by atoms with van der Waals surface area (Å²) in [5, 5.41) is 11.5. The Hall–Kier alpha value is -3.49. The highest BCUT2D eigenvalue weighted by molar-refractivity contribution is 6.52. The van der Waals surface area contributed by atoms with E-state index in [0.717, 1.165) is 23.1 Å². The molecule has 1 aliphatic heterocycles. The van der Waals surface area contributed by atoms with Crippen LogP contribution in [0.5, 0.6) is 5.75 Å². The second-order valence-electron chi connectivity index (χ2n) is 8.04. The largest absolute Gasteiger partial charge is 0.507 e. The first kappa shape index (κ1) is 25.6. The van der Waals surface area contributed by atoms with E-state index < -0.39 is 35.2 Å². The van der Waals surface area contributed by atoms with Crippen molar-refractivity contribution in [2.75, 3.05) is 12.0 Å². The summed E-state index contributed by atoms with van der Waals surface area (Å²) in [5.41, 5.74) is -0.464. The van der Waals surface area contributed by atoms with E-state index in [1.54, 1.807) is 31.2 Å². The molecule has 0 aromatic heterocycles. The molecular formula is C26H18Cl2F3NO4. The van der Waals surface area contributed by atoms with Crippen molar-refractivity contribution < 1.29 is 32.6 Å². The minimum absolute atomic E-state index is 0.00682. The lowest BCUT2D eigenvalue weighted by atomic mass is 9.92. The van der Waals surface area contributed by atoms with Crippen LogP contribution >= 0.6 is 23.2 Å². The Labute approximate surface area is 214 Å². The summed E-state index contributed by atoms with van der Waals surface area (Å²) in [4.78, 5) is 27.5. The van der Waals surface area contributed by atoms with Gasteiger partial charge in [-0.2, -0.15) is 13.2 Å². The van der Waals surface area contributed by atoms with Crippen LogP contribution in [0, 0.1) is 6.92 Å². The Kier molecular flexibility index (Phi) is 6.77. The summed E-state index contributed by atoms with van der Waals surface area (Å²) < 4.78 is 45.6. The maximum absolute atomic E-state index is 13.4. The lowest BCUT2D eigenvalue weighted by molar-refractivity contribution is -0.137. The Morgan fingerprint density at radius 2 is 1.72 bits per heavy atom. The summed E-state index contributed by atoms with van der Waals surface area (Å²) >= 11 is 12.3. The Morgan fingerprint density at radius 3 is 2.36 bits per heavy atom. The van der Waals surface area contributed by atoms with Crippen LogP contribution in [0.3, 0.4) is 0 Å². The molecule has 1 atom stereocenters. The molecule has 0 radical (unpaired) electrons. The van der Waals surface area contributed by atoms with Gasteiger partial charge in [-0.3, -0.25) is 14.5 Å². The second kappa shape index (κ2) is 9.52. The van der Waals surface area contributed by atoms with Crippen LogP contribution < -0.4 is 9.64 Å². The van der Waals surface area contributed by atoms with Crippen molar-refractivity contribution in [3.05, 3.63) is 98.5 Å². The maximum Gasteiger partial charge on any atom is 0.416 e. The normalized spacial score (nSPS) is 17.5. The summed E-state index contributed by atoms with van der Waals surface area (Å²) in [6.45, 7) is 1.72. The minimum Gasteiger partial charge on any atom is -0.507 e. The first-order valence-corrected chi connectivity index (χ1v) is 11.3. The molecule has 3 aromatic carbocycles. The van der Waals surface area contributed by atoms with E-state index >= 15 is 0 Å². The summed E-state index contributed by atoms with van der Waals surface area (Å²) in [5.74, 6) is -2.81. The number of nitrogens with zero attached hydrogens (tertiary/aromatic N) is 1. The Balaban J connectivity index is 2.03. The van der Waals surface area contributed by atoms with Gasteiger partial charge in [-0.05, 0) is 48.4 Å². The average molecular weight is 536 g/mol. The molecule has 1 unspecified atom stereocenters. The van der Waals surface area contributed by atoms with Crippen molar-refractivity contribution in [2.24, 2.45) is 0 Å². The molecule has 1 heterocycles. The molecule has 4 rings (SSSR count). The Bertz CT molecular complexity index is 1420. The zero-order valence-electron chi connectivity index (χ0n) is 18.9. The fourth-order valence-electron chi connectivity index (χ4n) is 4.21. The number of hydrogen-bond donors (Lipinski definition) is 1. The molecule has 10 heteroatoms. The third-order valence-electron chi connectivity index (χ3n) is 5.85. The van der Waals surface area contributed by atoms with Crippen LogP contribution in [0.25, 0.3) is 5.76 Å². The molecule has 0 spiro atoms. The van der Waals surface area contributed by atoms with Gasteiger partial charge in [0, 0.05) is 10.7 Å². The number of ether oxygens (including phenoxy) is 1. The van der Waals surface area contributed by atoms with Gasteiger partial charge in [-0.15, -0.1) is 0 Å². The van der Waals surface area contributed by atoms with Crippen LogP contribution in [-0.2, 0) is 15.8 Å². The monoisotopic (exact) mass is 535 g/mol. The van der Waals surface area contributed by atoms with E-state index in [2.05, 4.69) is 0 Å². The number of anilines is 1. The molecular weight excluding hydrogens is 518 g/mol. The number of carbonyl (C=O) groups excluding carboxylic acids is 2. The van der Waals surface area contributed by atoms with Gasteiger partial charge in [-0.25, -0.2) is 0 Å². The topological polar surface area (TPSA) is 66.8 Å². The summed E-state index contributed by atoms with van der Waals surface area (Å²) in [7, 11) is 1.30. The van der Waals surface area contributed by atoms with E-state index in [4.69, 9.17) is 27.9 Å². The van der Waals surface area contributed by atoms with E-state index in [9.17, 15) is 27.9 Å². The minimum atomic E-state index is -4.67. The van der Waals surface area contributed by atoms with Gasteiger partial charge < -0.3 is 9.84 Å². The van der Waals surface area contributed by atoms with E-state index in [1.165, 1.54) is 25.3 Å². The molecule has 0 saturated carbocycles. The van der Waals surface area contributed by atoms with Gasteiger partial charge in [0.2, 0.25) is 0 Å². The van der Waals surface area contributed by atoms with Gasteiger partial charge in [0.05, 0.1) is 34.9 Å². The number of aliphatic hydroxyl groups is 1. The lowest BCUT2D eigenvalue weighted by Crippen LogP contribution is -2.30. The standard InChI is InChI=1S/C26H18Cl2F3NO4/c1-13-6-3-4-9-17(13)21-20(22(33)18-11-15(27)12-19(28)24(18)36-2)23(34)25(35)32(21)16-8-5-7-14(10-16)26(29,30)31/h3-12,21,33H,1-2H3/b22-20+. The van der Waals surface area contributed by atoms with E-state index in [0.29, 0.717) is 11.1 Å². The fraction of sp³-hybridized carbons (Fsp3) is 0.154. The average Bonchev–Trinajstić information content (AvgIpc) is 3.08. The summed E-state index contributed by atoms with van der Waals surface area (Å²) in [6, 6.07) is 12.3. The molecule has 1 amide bonds. The van der Waals surface area contributed by atoms with Crippen molar-refractivity contribution in [1.29, 1.82) is 0 Å². The number of aliphatic hydroxyl groups excluding tert-OH is 1. The number of methoxy groups -OCH3 is 1. The van der Waals surface area contributed by atoms with Crippen LogP contribution in [-0.4, -0.2) is 23.9 Å². The molecule has 3 aromatic rings. The van der Waals surface area contributed by atoms with Gasteiger partial charge >= 0.3 is 6.18 Å². The van der Waals surface area contributed by atoms with E-state index in [-0.39, 0.29) is 32.6 Å². The molecule has 1 fully saturated rings. The number of halogens is 5. The number of ketones is 1. The van der Waals surface area contributed by atoms with Crippen LogP contribution in [0.1, 0.15) is 28.3 Å². The maximum atomic E-state index is 13.4. The number of benzene rings is 3. The zero-order valence-corrected chi connectivity index (χ0v) is 20.4. The molecule has 186 valence electrons. The number of Topliss-reactive ketones (excluding diaryl/α,β-unsaturated/α-hetero) is 1. The number of amides is 1. The van der Waals surface area contributed by atoms with Gasteiger partial charge in [0.15, 0.2) is 0 Å². The number of rotatable bonds is 4. The highest BCUT2D eigenvalue weighted by atomic mass is 35.5. The number of carbonyl (C=O) groups is 2. The Morgan fingerprint density at radius 1 is 1.03 bits per heavy atom. The van der Waals surface area contributed by atoms with Crippen LogP contribution in [0.4, 0.5) is 18.9 Å². The molecule has 36 heavy (non-hydrogen) atoms. The molecule has 1 N–H and O–H groups in total. The van der Waals surface area contributed by atoms with Gasteiger partial charge in [0.1, 0.15) is 11.5 Å². The SMILES string of the molecule is COc1c(Cl)cc(Cl)cc1/C(O)=C1\C(=O)C(=O)N(c2cccc(C(F)(F)F)c2)C1c1ccccc1C. The third kappa shape index (κ3) is 4.42. The highest BCUT2D eigenvalue weighted by Gasteiger charge is 2.48. The quantitative estimate of drug-likeness (QED) is 0.223. The number of alkyl halides is 3. The molecule has 0 aliphatic carbocycles. The zero-order chi connectivity index (χ0) is 26.4. The van der Waals surface area contributed by atoms with Crippen molar-refractivity contribution >= 4 is 46.3 Å². The lowest BCUT2D eigenvalue weighted by Gasteiger charge is -2.27. The molecule has 0 bridgehead atoms. The molecule has 1 aliphatic rings. The number of aryl methyl sites for hydroxylation is 1. The smallest absolute Gasteiger partial charge is 0.416 e. The molecule has 5 nitrogen and oxygen atoms in total. The second-order valence-corrected chi connectivity index (χ2v) is 8.89. The first-order chi connectivity index (χ1) is 17.0. The van der Waals surface area contributed by atoms with E-state index in [1.807, 2.05) is 0 Å². The predicted octanol–water partition coefficient (Wildman–Crippen LogP) is 6.96. The van der Waals surface area contributed by atoms with Crippen LogP contribution in [0.2, 0.25) is 10.0 Å². The van der Waals surface area contributed by atoms with Crippen molar-refractivity contribution in [1.82, 2.24) is 0 Å².